The minimum Gasteiger partial charge on any atom is -0.354 e. The first-order chi connectivity index (χ1) is 14.4. The molecule has 1 heterocycles. The fourth-order valence-corrected chi connectivity index (χ4v) is 3.45. The largest absolute Gasteiger partial charge is 0.354 e. The fraction of sp³-hybridized carbons (Fsp3) is 0.240. The molecule has 0 saturated heterocycles. The molecule has 3 aromatic rings. The smallest absolute Gasteiger partial charge is 0.253 e. The summed E-state index contributed by atoms with van der Waals surface area (Å²) in [6, 6.07) is 19.9. The summed E-state index contributed by atoms with van der Waals surface area (Å²) in [5.41, 5.74) is 4.98. The third-order valence-electron chi connectivity index (χ3n) is 4.90. The molecule has 0 aliphatic carbocycles. The van der Waals surface area contributed by atoms with Gasteiger partial charge in [0.15, 0.2) is 0 Å². The monoisotopic (exact) mass is 401 g/mol. The third-order valence-corrected chi connectivity index (χ3v) is 4.90. The van der Waals surface area contributed by atoms with E-state index in [4.69, 9.17) is 0 Å². The van der Waals surface area contributed by atoms with Gasteiger partial charge in [-0.25, -0.2) is 0 Å². The van der Waals surface area contributed by atoms with Gasteiger partial charge in [-0.15, -0.1) is 0 Å². The highest BCUT2D eigenvalue weighted by Gasteiger charge is 2.12. The zero-order valence-electron chi connectivity index (χ0n) is 17.6. The molecule has 5 nitrogen and oxygen atoms in total. The number of hydrogen-bond acceptors (Lipinski definition) is 3. The van der Waals surface area contributed by atoms with Gasteiger partial charge in [0.05, 0.1) is 0 Å². The SMILES string of the molecule is CC(=O)NC(C)Cc1ccc(-c2ccc(C(=O)N(C)Cc3cccnc3)cc2)cc1. The molecule has 0 bridgehead atoms. The quantitative estimate of drug-likeness (QED) is 0.649. The van der Waals surface area contributed by atoms with Gasteiger partial charge in [-0.2, -0.15) is 0 Å². The van der Waals surface area contributed by atoms with Crippen LogP contribution >= 0.6 is 0 Å². The minimum atomic E-state index is -0.0206. The molecular formula is C25H27N3O2. The zero-order valence-corrected chi connectivity index (χ0v) is 17.6. The Bertz CT molecular complexity index is 983. The van der Waals surface area contributed by atoms with Crippen molar-refractivity contribution in [2.75, 3.05) is 7.05 Å². The van der Waals surface area contributed by atoms with Gasteiger partial charge in [0.2, 0.25) is 5.91 Å². The Morgan fingerprint density at radius 2 is 1.60 bits per heavy atom. The molecule has 1 atom stereocenters. The van der Waals surface area contributed by atoms with Crippen molar-refractivity contribution in [2.24, 2.45) is 0 Å². The lowest BCUT2D eigenvalue weighted by Crippen LogP contribution is -2.31. The van der Waals surface area contributed by atoms with E-state index in [0.717, 1.165) is 23.1 Å². The molecule has 2 amide bonds. The summed E-state index contributed by atoms with van der Waals surface area (Å²) in [5.74, 6) is -0.0347. The molecule has 1 N–H and O–H groups in total. The molecule has 154 valence electrons. The van der Waals surface area contributed by atoms with Crippen molar-refractivity contribution in [1.29, 1.82) is 0 Å². The topological polar surface area (TPSA) is 62.3 Å². The number of nitrogens with zero attached hydrogens (tertiary/aromatic N) is 2. The number of nitrogens with one attached hydrogen (secondary N) is 1. The van der Waals surface area contributed by atoms with Crippen LogP contribution in [0.3, 0.4) is 0 Å². The molecule has 1 unspecified atom stereocenters. The second kappa shape index (κ2) is 9.83. The molecule has 0 fully saturated rings. The number of carbonyl (C=O) groups excluding carboxylic acids is 2. The van der Waals surface area contributed by atoms with Crippen LogP contribution < -0.4 is 5.32 Å². The van der Waals surface area contributed by atoms with Crippen LogP contribution in [0.4, 0.5) is 0 Å². The van der Waals surface area contributed by atoms with E-state index in [0.29, 0.717) is 12.1 Å². The molecule has 1 aromatic heterocycles. The van der Waals surface area contributed by atoms with Crippen LogP contribution in [-0.2, 0) is 17.8 Å². The fourth-order valence-electron chi connectivity index (χ4n) is 3.45. The molecule has 0 aliphatic rings. The van der Waals surface area contributed by atoms with Crippen molar-refractivity contribution < 1.29 is 9.59 Å². The van der Waals surface area contributed by atoms with E-state index >= 15 is 0 Å². The minimum absolute atomic E-state index is 0.0140. The standard InChI is InChI=1S/C25H27N3O2/c1-18(27-19(2)29)15-20-6-8-22(9-7-20)23-10-12-24(13-11-23)25(30)28(3)17-21-5-4-14-26-16-21/h4-14,16,18H,15,17H2,1-3H3,(H,27,29). The number of hydrogen-bond donors (Lipinski definition) is 1. The number of rotatable bonds is 7. The summed E-state index contributed by atoms with van der Waals surface area (Å²) < 4.78 is 0. The van der Waals surface area contributed by atoms with Crippen LogP contribution in [0, 0.1) is 0 Å². The van der Waals surface area contributed by atoms with E-state index in [1.807, 2.05) is 43.3 Å². The van der Waals surface area contributed by atoms with Gasteiger partial charge in [0.25, 0.3) is 5.91 Å². The van der Waals surface area contributed by atoms with Crippen molar-refractivity contribution in [3.8, 4) is 11.1 Å². The lowest BCUT2D eigenvalue weighted by Gasteiger charge is -2.17. The Morgan fingerprint density at radius 3 is 2.17 bits per heavy atom. The van der Waals surface area contributed by atoms with Crippen LogP contribution in [0.25, 0.3) is 11.1 Å². The van der Waals surface area contributed by atoms with Gasteiger partial charge in [0, 0.05) is 44.5 Å². The van der Waals surface area contributed by atoms with Gasteiger partial charge in [0.1, 0.15) is 0 Å². The van der Waals surface area contributed by atoms with E-state index in [2.05, 4.69) is 34.6 Å². The number of benzene rings is 2. The second-order valence-electron chi connectivity index (χ2n) is 7.60. The van der Waals surface area contributed by atoms with Gasteiger partial charge in [-0.1, -0.05) is 42.5 Å². The van der Waals surface area contributed by atoms with Crippen LogP contribution in [0.2, 0.25) is 0 Å². The Morgan fingerprint density at radius 1 is 0.967 bits per heavy atom. The van der Waals surface area contributed by atoms with Crippen molar-refractivity contribution in [3.63, 3.8) is 0 Å². The van der Waals surface area contributed by atoms with Crippen LogP contribution in [0.5, 0.6) is 0 Å². The average molecular weight is 402 g/mol. The first-order valence-corrected chi connectivity index (χ1v) is 10.0. The lowest BCUT2D eigenvalue weighted by molar-refractivity contribution is -0.119. The summed E-state index contributed by atoms with van der Waals surface area (Å²) in [7, 11) is 1.80. The number of aromatic nitrogens is 1. The maximum absolute atomic E-state index is 12.7. The summed E-state index contributed by atoms with van der Waals surface area (Å²) >= 11 is 0. The van der Waals surface area contributed by atoms with Crippen LogP contribution in [-0.4, -0.2) is 34.8 Å². The number of amides is 2. The van der Waals surface area contributed by atoms with E-state index in [9.17, 15) is 9.59 Å². The lowest BCUT2D eigenvalue weighted by atomic mass is 10.00. The Labute approximate surface area is 177 Å². The van der Waals surface area contributed by atoms with E-state index in [-0.39, 0.29) is 17.9 Å². The van der Waals surface area contributed by atoms with Crippen molar-refractivity contribution in [1.82, 2.24) is 15.2 Å². The van der Waals surface area contributed by atoms with E-state index < -0.39 is 0 Å². The predicted octanol–water partition coefficient (Wildman–Crippen LogP) is 4.09. The van der Waals surface area contributed by atoms with E-state index in [1.165, 1.54) is 12.5 Å². The van der Waals surface area contributed by atoms with Crippen molar-refractivity contribution >= 4 is 11.8 Å². The Balaban J connectivity index is 1.63. The van der Waals surface area contributed by atoms with Gasteiger partial charge >= 0.3 is 0 Å². The molecule has 0 spiro atoms. The first-order valence-electron chi connectivity index (χ1n) is 10.0. The maximum atomic E-state index is 12.7. The molecule has 30 heavy (non-hydrogen) atoms. The maximum Gasteiger partial charge on any atom is 0.253 e. The summed E-state index contributed by atoms with van der Waals surface area (Å²) in [4.78, 5) is 29.6. The van der Waals surface area contributed by atoms with E-state index in [1.54, 1.807) is 24.3 Å². The first kappa shape index (κ1) is 21.2. The molecule has 3 rings (SSSR count). The highest BCUT2D eigenvalue weighted by molar-refractivity contribution is 5.94. The Kier molecular flexibility index (Phi) is 6.96. The normalized spacial score (nSPS) is 11.6. The van der Waals surface area contributed by atoms with Gasteiger partial charge in [-0.3, -0.25) is 14.6 Å². The highest BCUT2D eigenvalue weighted by atomic mass is 16.2. The number of carbonyl (C=O) groups is 2. The predicted molar refractivity (Wildman–Crippen MR) is 119 cm³/mol. The molecule has 5 heteroatoms. The van der Waals surface area contributed by atoms with Crippen molar-refractivity contribution in [2.45, 2.75) is 32.9 Å². The molecule has 0 aliphatic heterocycles. The molecule has 0 saturated carbocycles. The Hall–Kier alpha value is -3.47. The average Bonchev–Trinajstić information content (AvgIpc) is 2.74. The summed E-state index contributed by atoms with van der Waals surface area (Å²) in [5, 5.41) is 2.90. The van der Waals surface area contributed by atoms with Crippen molar-refractivity contribution in [3.05, 3.63) is 89.7 Å². The second-order valence-corrected chi connectivity index (χ2v) is 7.60. The van der Waals surface area contributed by atoms with Crippen LogP contribution in [0.1, 0.15) is 35.3 Å². The van der Waals surface area contributed by atoms with Gasteiger partial charge < -0.3 is 10.2 Å². The molecule has 0 radical (unpaired) electrons. The molecule has 2 aromatic carbocycles. The summed E-state index contributed by atoms with van der Waals surface area (Å²) in [6.45, 7) is 4.05. The van der Waals surface area contributed by atoms with Gasteiger partial charge in [-0.05, 0) is 53.8 Å². The zero-order chi connectivity index (χ0) is 21.5. The summed E-state index contributed by atoms with van der Waals surface area (Å²) in [6.07, 6.45) is 4.28. The number of pyridine rings is 1. The molecular weight excluding hydrogens is 374 g/mol. The third kappa shape index (κ3) is 5.77. The van der Waals surface area contributed by atoms with Crippen LogP contribution in [0.15, 0.2) is 73.1 Å². The highest BCUT2D eigenvalue weighted by Crippen LogP contribution is 2.21.